The summed E-state index contributed by atoms with van der Waals surface area (Å²) >= 11 is 5.06. The average Bonchev–Trinajstić information content (AvgIpc) is 3.43. The first-order valence-corrected chi connectivity index (χ1v) is 28.5. The highest BCUT2D eigenvalue weighted by Gasteiger charge is 2.51. The van der Waals surface area contributed by atoms with E-state index in [0.717, 1.165) is 23.3 Å². The van der Waals surface area contributed by atoms with Crippen LogP contribution in [0.1, 0.15) is 56.8 Å². The Morgan fingerprint density at radius 3 is 1.80 bits per heavy atom. The van der Waals surface area contributed by atoms with E-state index in [4.69, 9.17) is 46.7 Å². The van der Waals surface area contributed by atoms with Crippen molar-refractivity contribution in [1.29, 1.82) is 0 Å². The molecule has 0 aliphatic carbocycles. The van der Waals surface area contributed by atoms with Crippen molar-refractivity contribution in [2.24, 2.45) is 5.73 Å². The maximum absolute atomic E-state index is 13.2. The van der Waals surface area contributed by atoms with Gasteiger partial charge in [-0.05, 0) is 65.8 Å². The third kappa shape index (κ3) is 25.0. The second-order valence-corrected chi connectivity index (χ2v) is 20.1. The third-order valence-electron chi connectivity index (χ3n) is 11.2. The molecular formula is C52H75IN4O17S2. The molecule has 4 rings (SSSR count). The molecule has 1 saturated heterocycles. The number of halogens is 1. The Morgan fingerprint density at radius 2 is 1.21 bits per heavy atom. The standard InChI is InChI=1S/C52H75IN4O17S2/c53-73-18-5-31-76-33-16-56-50(63)43-13-12-41(34-45(43)71-29-28-70-27-26-69-25-24-68-23-22-67-21-20-66-19-14-54)49(62)55-15-32-75-30-4-17-72-52(51(64)65)36-42(58)35-46(74-52)47(60)44(59)37-57-48(61)40-10-8-39(9-11-40)38-6-2-1-3-7-38/h1-3,6-13,34,42,44,46-47,58-60H,4-5,14-33,35-37,54H2,(H,55,62)(H,56,63)(H,57,61)(H,64,65)/t42-,44-,46-,47-,52-/m1/s1. The van der Waals surface area contributed by atoms with E-state index in [9.17, 15) is 39.6 Å². The zero-order valence-corrected chi connectivity index (χ0v) is 46.6. The van der Waals surface area contributed by atoms with E-state index in [1.807, 2.05) is 53.3 Å². The van der Waals surface area contributed by atoms with Crippen LogP contribution in [0.4, 0.5) is 0 Å². The molecule has 9 N–H and O–H groups in total. The maximum Gasteiger partial charge on any atom is 0.364 e. The minimum atomic E-state index is -2.29. The number of benzene rings is 3. The first-order valence-electron chi connectivity index (χ1n) is 25.3. The van der Waals surface area contributed by atoms with Crippen LogP contribution in [0.2, 0.25) is 0 Å². The van der Waals surface area contributed by atoms with E-state index < -0.39 is 48.5 Å². The van der Waals surface area contributed by atoms with Gasteiger partial charge in [-0.3, -0.25) is 14.4 Å². The van der Waals surface area contributed by atoms with E-state index in [1.165, 1.54) is 17.8 Å². The molecule has 424 valence electrons. The van der Waals surface area contributed by atoms with Crippen molar-refractivity contribution in [2.75, 3.05) is 135 Å². The van der Waals surface area contributed by atoms with Crippen LogP contribution in [-0.2, 0) is 41.0 Å². The number of hydrogen-bond acceptors (Lipinski definition) is 19. The molecule has 24 heteroatoms. The summed E-state index contributed by atoms with van der Waals surface area (Å²) in [5, 5.41) is 51.0. The molecule has 1 aliphatic rings. The summed E-state index contributed by atoms with van der Waals surface area (Å²) < 4.78 is 49.9. The zero-order valence-electron chi connectivity index (χ0n) is 42.8. The first kappa shape index (κ1) is 64.8. The molecule has 76 heavy (non-hydrogen) atoms. The lowest BCUT2D eigenvalue weighted by molar-refractivity contribution is -0.304. The van der Waals surface area contributed by atoms with Gasteiger partial charge in [0.15, 0.2) is 0 Å². The Balaban J connectivity index is 1.16. The monoisotopic (exact) mass is 1220 g/mol. The van der Waals surface area contributed by atoms with E-state index >= 15 is 0 Å². The van der Waals surface area contributed by atoms with Crippen LogP contribution in [0.5, 0.6) is 5.75 Å². The SMILES string of the molecule is NCCOCCOCCOCCOCCOCCOc1cc(C(=O)NCCSCCCO[C@]2(C(=O)O)C[C@H](O)C[C@H]([C@H](O)[C@H](O)CNC(=O)c3ccc(-c4ccccc4)cc3)O2)ccc1C(=O)NCCSCCCOI. The number of thioether (sulfide) groups is 2. The lowest BCUT2D eigenvalue weighted by atomic mass is 9.93. The second kappa shape index (κ2) is 38.8. The molecule has 5 atom stereocenters. The van der Waals surface area contributed by atoms with Gasteiger partial charge in [0.1, 0.15) is 41.5 Å². The van der Waals surface area contributed by atoms with Crippen LogP contribution < -0.4 is 26.4 Å². The first-order chi connectivity index (χ1) is 37.0. The number of carboxylic acids is 1. The summed E-state index contributed by atoms with van der Waals surface area (Å²) in [4.78, 5) is 51.8. The summed E-state index contributed by atoms with van der Waals surface area (Å²) in [7, 11) is 0. The highest BCUT2D eigenvalue weighted by molar-refractivity contribution is 14.1. The fourth-order valence-electron chi connectivity index (χ4n) is 7.35. The van der Waals surface area contributed by atoms with Gasteiger partial charge in [0, 0.05) is 61.7 Å². The zero-order chi connectivity index (χ0) is 54.6. The quantitative estimate of drug-likeness (QED) is 0.0298. The number of aliphatic hydroxyl groups is 3. The minimum Gasteiger partial charge on any atom is -0.490 e. The molecule has 0 saturated carbocycles. The van der Waals surface area contributed by atoms with E-state index in [2.05, 4.69) is 16.0 Å². The van der Waals surface area contributed by atoms with E-state index in [1.54, 1.807) is 48.2 Å². The number of carbonyl (C=O) groups is 4. The molecule has 3 aromatic carbocycles. The summed E-state index contributed by atoms with van der Waals surface area (Å²) in [6, 6.07) is 21.2. The normalized spacial score (nSPS) is 17.2. The van der Waals surface area contributed by atoms with Crippen molar-refractivity contribution in [3.8, 4) is 16.9 Å². The van der Waals surface area contributed by atoms with Crippen molar-refractivity contribution in [3.63, 3.8) is 0 Å². The molecule has 0 radical (unpaired) electrons. The number of amides is 3. The second-order valence-electron chi connectivity index (χ2n) is 17.0. The van der Waals surface area contributed by atoms with Crippen LogP contribution in [0.25, 0.3) is 11.1 Å². The van der Waals surface area contributed by atoms with Gasteiger partial charge < -0.3 is 83.1 Å². The van der Waals surface area contributed by atoms with Gasteiger partial charge in [-0.15, -0.1) is 0 Å². The smallest absolute Gasteiger partial charge is 0.364 e. The highest BCUT2D eigenvalue weighted by Crippen LogP contribution is 2.33. The fraction of sp³-hybridized carbons (Fsp3) is 0.577. The van der Waals surface area contributed by atoms with Crippen LogP contribution in [0.3, 0.4) is 0 Å². The van der Waals surface area contributed by atoms with Crippen LogP contribution in [0, 0.1) is 0 Å². The molecule has 1 heterocycles. The largest absolute Gasteiger partial charge is 0.490 e. The van der Waals surface area contributed by atoms with Crippen LogP contribution >= 0.6 is 46.5 Å². The molecule has 1 fully saturated rings. The van der Waals surface area contributed by atoms with E-state index in [0.29, 0.717) is 115 Å². The number of rotatable bonds is 42. The topological polar surface area (TPSA) is 294 Å². The van der Waals surface area contributed by atoms with Crippen molar-refractivity contribution in [2.45, 2.75) is 55.9 Å². The fourth-order valence-corrected chi connectivity index (χ4v) is 9.21. The van der Waals surface area contributed by atoms with Crippen molar-refractivity contribution >= 4 is 70.2 Å². The number of aliphatic carboxylic acids is 1. The number of ether oxygens (including phenoxy) is 8. The van der Waals surface area contributed by atoms with Crippen molar-refractivity contribution in [1.82, 2.24) is 16.0 Å². The number of aliphatic hydroxyl groups excluding tert-OH is 3. The summed E-state index contributed by atoms with van der Waals surface area (Å²) in [6.45, 7) is 5.59. The molecule has 0 bridgehead atoms. The van der Waals surface area contributed by atoms with E-state index in [-0.39, 0.29) is 61.5 Å². The van der Waals surface area contributed by atoms with Crippen LogP contribution in [-0.4, -0.2) is 209 Å². The average molecular weight is 1220 g/mol. The number of carboxylic acid groups (broad SMARTS) is 1. The predicted molar refractivity (Wildman–Crippen MR) is 296 cm³/mol. The molecular weight excluding hydrogens is 1140 g/mol. The summed E-state index contributed by atoms with van der Waals surface area (Å²) in [5.41, 5.74) is 8.18. The number of nitrogens with one attached hydrogen (secondary N) is 3. The molecule has 21 nitrogen and oxygen atoms in total. The van der Waals surface area contributed by atoms with Gasteiger partial charge in [-0.2, -0.15) is 23.5 Å². The Labute approximate surface area is 467 Å². The predicted octanol–water partition coefficient (Wildman–Crippen LogP) is 3.34. The molecule has 3 aromatic rings. The minimum absolute atomic E-state index is 0.0717. The molecule has 1 aliphatic heterocycles. The number of carbonyl (C=O) groups excluding carboxylic acids is 3. The van der Waals surface area contributed by atoms with Gasteiger partial charge in [-0.1, -0.05) is 42.5 Å². The summed E-state index contributed by atoms with van der Waals surface area (Å²) in [6.07, 6.45) is -5.07. The van der Waals surface area contributed by atoms with Gasteiger partial charge in [0.2, 0.25) is 0 Å². The highest BCUT2D eigenvalue weighted by atomic mass is 127. The molecule has 0 unspecified atom stereocenters. The summed E-state index contributed by atoms with van der Waals surface area (Å²) in [5.74, 6) is -2.11. The Morgan fingerprint density at radius 1 is 0.671 bits per heavy atom. The molecule has 0 spiro atoms. The lowest BCUT2D eigenvalue weighted by Gasteiger charge is -2.42. The van der Waals surface area contributed by atoms with Gasteiger partial charge in [0.25, 0.3) is 23.5 Å². The van der Waals surface area contributed by atoms with Crippen molar-refractivity contribution < 1.29 is 80.6 Å². The molecule has 3 amide bonds. The number of hydrogen-bond donors (Lipinski definition) is 8. The number of nitrogens with two attached hydrogens (primary N) is 1. The Bertz CT molecular complexity index is 2110. The van der Waals surface area contributed by atoms with Crippen molar-refractivity contribution in [3.05, 3.63) is 89.5 Å². The maximum atomic E-state index is 13.2. The van der Waals surface area contributed by atoms with Gasteiger partial charge >= 0.3 is 5.97 Å². The Hall–Kier alpha value is -3.71. The molecule has 0 aromatic heterocycles. The lowest BCUT2D eigenvalue weighted by Crippen LogP contribution is -2.58. The third-order valence-corrected chi connectivity index (χ3v) is 13.8. The van der Waals surface area contributed by atoms with Gasteiger partial charge in [0.05, 0.1) is 103 Å². The Kier molecular flexibility index (Phi) is 33.1. The van der Waals surface area contributed by atoms with Gasteiger partial charge in [-0.25, -0.2) is 4.79 Å². The van der Waals surface area contributed by atoms with Crippen LogP contribution in [0.15, 0.2) is 72.8 Å².